The van der Waals surface area contributed by atoms with Crippen LogP contribution in [0.25, 0.3) is 21.5 Å². The minimum Gasteiger partial charge on any atom is -0.478 e. The van der Waals surface area contributed by atoms with Crippen molar-refractivity contribution in [1.29, 1.82) is 0 Å². The number of pyridine rings is 2. The summed E-state index contributed by atoms with van der Waals surface area (Å²) in [7, 11) is 3.39. The van der Waals surface area contributed by atoms with Crippen molar-refractivity contribution in [2.24, 2.45) is 11.8 Å². The first-order valence-corrected chi connectivity index (χ1v) is 22.6. The SMILES string of the molecule is CN(C)C(=O)c1ccc(C(=O)Nc2cccnc2C(=O)NCC2CCCCC2)c2ccccc12.O=C(NCC1CCCCC1)c1ncccc1NC(=O)c1ccc(C(=O)O)c2ccccc12. The lowest BCUT2D eigenvalue weighted by Gasteiger charge is -2.21. The van der Waals surface area contributed by atoms with Gasteiger partial charge in [0.25, 0.3) is 29.5 Å². The Morgan fingerprint density at radius 2 is 0.879 bits per heavy atom. The second-order valence-electron chi connectivity index (χ2n) is 17.1. The van der Waals surface area contributed by atoms with Crippen LogP contribution in [0, 0.1) is 11.8 Å². The Balaban J connectivity index is 0.000000197. The first-order chi connectivity index (χ1) is 32.0. The predicted octanol–water partition coefficient (Wildman–Crippen LogP) is 8.99. The van der Waals surface area contributed by atoms with Gasteiger partial charge < -0.3 is 31.3 Å². The lowest BCUT2D eigenvalue weighted by molar-refractivity contribution is 0.0697. The van der Waals surface area contributed by atoms with Crippen molar-refractivity contribution in [3.63, 3.8) is 0 Å². The molecule has 14 heteroatoms. The van der Waals surface area contributed by atoms with E-state index >= 15 is 0 Å². The Morgan fingerprint density at radius 3 is 1.29 bits per heavy atom. The smallest absolute Gasteiger partial charge is 0.336 e. The van der Waals surface area contributed by atoms with Gasteiger partial charge in [0.2, 0.25) is 0 Å². The number of amides is 5. The molecule has 0 unspecified atom stereocenters. The first-order valence-electron chi connectivity index (χ1n) is 22.6. The summed E-state index contributed by atoms with van der Waals surface area (Å²) in [6.45, 7) is 1.22. The van der Waals surface area contributed by atoms with Crippen LogP contribution >= 0.6 is 0 Å². The van der Waals surface area contributed by atoms with E-state index in [0.29, 0.717) is 74.5 Å². The molecule has 0 saturated heterocycles. The van der Waals surface area contributed by atoms with Crippen LogP contribution in [0.4, 0.5) is 11.4 Å². The van der Waals surface area contributed by atoms with Crippen LogP contribution in [0.2, 0.25) is 0 Å². The molecule has 2 aromatic heterocycles. The maximum Gasteiger partial charge on any atom is 0.336 e. The maximum atomic E-state index is 13.3. The topological polar surface area (TPSA) is 200 Å². The fourth-order valence-corrected chi connectivity index (χ4v) is 8.79. The third kappa shape index (κ3) is 11.2. The van der Waals surface area contributed by atoms with E-state index in [2.05, 4.69) is 31.2 Å². The normalized spacial score (nSPS) is 14.0. The number of aromatic carboxylic acids is 1. The number of anilines is 2. The zero-order valence-electron chi connectivity index (χ0n) is 37.3. The summed E-state index contributed by atoms with van der Waals surface area (Å²) in [5.41, 5.74) is 2.41. The Bertz CT molecular complexity index is 2760. The molecule has 0 aliphatic heterocycles. The number of nitrogens with zero attached hydrogens (tertiary/aromatic N) is 3. The van der Waals surface area contributed by atoms with Crippen molar-refractivity contribution in [1.82, 2.24) is 25.5 Å². The summed E-state index contributed by atoms with van der Waals surface area (Å²) < 4.78 is 0. The molecule has 5 amide bonds. The molecule has 8 rings (SSSR count). The van der Waals surface area contributed by atoms with Gasteiger partial charge in [-0.05, 0) is 108 Å². The van der Waals surface area contributed by atoms with Crippen molar-refractivity contribution in [3.05, 3.63) is 143 Å². The Hall–Kier alpha value is -7.48. The molecule has 2 heterocycles. The molecule has 66 heavy (non-hydrogen) atoms. The summed E-state index contributed by atoms with van der Waals surface area (Å²) in [6.07, 6.45) is 14.9. The van der Waals surface area contributed by atoms with Crippen molar-refractivity contribution >= 4 is 68.4 Å². The van der Waals surface area contributed by atoms with Crippen molar-refractivity contribution in [2.75, 3.05) is 37.8 Å². The highest BCUT2D eigenvalue weighted by atomic mass is 16.4. The highest BCUT2D eigenvalue weighted by Crippen LogP contribution is 2.28. The second-order valence-corrected chi connectivity index (χ2v) is 17.1. The average molecular weight is 890 g/mol. The van der Waals surface area contributed by atoms with E-state index in [0.717, 1.165) is 25.7 Å². The molecule has 2 saturated carbocycles. The molecule has 14 nitrogen and oxygen atoms in total. The number of hydrogen-bond acceptors (Lipinski definition) is 8. The molecule has 2 aliphatic carbocycles. The summed E-state index contributed by atoms with van der Waals surface area (Å²) in [6, 6.07) is 27.0. The third-order valence-corrected chi connectivity index (χ3v) is 12.3. The van der Waals surface area contributed by atoms with Crippen molar-refractivity contribution < 1.29 is 33.9 Å². The third-order valence-electron chi connectivity index (χ3n) is 12.3. The number of carbonyl (C=O) groups is 6. The van der Waals surface area contributed by atoms with Gasteiger partial charge in [-0.25, -0.2) is 14.8 Å². The minimum absolute atomic E-state index is 0.126. The molecule has 2 aliphatic rings. The van der Waals surface area contributed by atoms with Crippen molar-refractivity contribution in [3.8, 4) is 0 Å². The number of nitrogens with one attached hydrogen (secondary N) is 4. The van der Waals surface area contributed by atoms with Crippen LogP contribution < -0.4 is 21.3 Å². The van der Waals surface area contributed by atoms with Gasteiger partial charge in [-0.2, -0.15) is 0 Å². The number of benzene rings is 4. The molecular formula is C52H55N7O7. The van der Waals surface area contributed by atoms with E-state index in [-0.39, 0.29) is 40.6 Å². The summed E-state index contributed by atoms with van der Waals surface area (Å²) in [5.74, 6) is -1.63. The zero-order valence-corrected chi connectivity index (χ0v) is 37.3. The quantitative estimate of drug-likeness (QED) is 0.0796. The van der Waals surface area contributed by atoms with E-state index in [9.17, 15) is 33.9 Å². The highest BCUT2D eigenvalue weighted by molar-refractivity contribution is 6.19. The van der Waals surface area contributed by atoms with Gasteiger partial charge >= 0.3 is 5.97 Å². The van der Waals surface area contributed by atoms with Crippen molar-refractivity contribution in [2.45, 2.75) is 64.2 Å². The van der Waals surface area contributed by atoms with E-state index < -0.39 is 11.9 Å². The molecule has 340 valence electrons. The zero-order chi connectivity index (χ0) is 46.6. The van der Waals surface area contributed by atoms with E-state index in [4.69, 9.17) is 0 Å². The number of hydrogen-bond donors (Lipinski definition) is 5. The fourth-order valence-electron chi connectivity index (χ4n) is 8.79. The van der Waals surface area contributed by atoms with Gasteiger partial charge in [0.05, 0.1) is 16.9 Å². The van der Waals surface area contributed by atoms with Crippen LogP contribution in [-0.4, -0.2) is 82.7 Å². The van der Waals surface area contributed by atoms with Gasteiger partial charge in [0, 0.05) is 56.3 Å². The van der Waals surface area contributed by atoms with Crippen LogP contribution in [0.1, 0.15) is 127 Å². The number of rotatable bonds is 12. The Labute approximate surface area is 383 Å². The molecule has 0 spiro atoms. The largest absolute Gasteiger partial charge is 0.478 e. The number of fused-ring (bicyclic) bond motifs is 2. The monoisotopic (exact) mass is 889 g/mol. The fraction of sp³-hybridized carbons (Fsp3) is 0.308. The Kier molecular flexibility index (Phi) is 15.5. The summed E-state index contributed by atoms with van der Waals surface area (Å²) in [4.78, 5) is 86.0. The number of carboxylic acid groups (broad SMARTS) is 1. The molecule has 6 aromatic rings. The number of carboxylic acids is 1. The van der Waals surface area contributed by atoms with Gasteiger partial charge in [0.15, 0.2) is 11.4 Å². The predicted molar refractivity (Wildman–Crippen MR) is 255 cm³/mol. The van der Waals surface area contributed by atoms with E-state index in [1.165, 1.54) is 61.8 Å². The lowest BCUT2D eigenvalue weighted by atomic mass is 9.89. The average Bonchev–Trinajstić information content (AvgIpc) is 3.35. The van der Waals surface area contributed by atoms with Gasteiger partial charge in [-0.15, -0.1) is 0 Å². The number of aromatic nitrogens is 2. The lowest BCUT2D eigenvalue weighted by Crippen LogP contribution is -2.31. The summed E-state index contributed by atoms with van der Waals surface area (Å²) >= 11 is 0. The van der Waals surface area contributed by atoms with Crippen LogP contribution in [0.3, 0.4) is 0 Å². The molecule has 5 N–H and O–H groups in total. The van der Waals surface area contributed by atoms with Crippen LogP contribution in [-0.2, 0) is 0 Å². The molecule has 0 bridgehead atoms. The first kappa shape index (κ1) is 46.5. The summed E-state index contributed by atoms with van der Waals surface area (Å²) in [5, 5.41) is 23.4. The standard InChI is InChI=1S/C27H30N4O3.C25H25N3O4/c1-31(2)27(34)22-15-14-21(19-11-6-7-12-20(19)22)25(32)30-23-13-8-16-28-24(23)26(33)29-17-18-9-4-3-5-10-18;29-23(19-12-13-20(25(31)32)18-10-5-4-9-17(18)19)28-21-11-6-14-26-22(21)24(30)27-15-16-7-2-1-3-8-16/h6-8,11-16,18H,3-5,9-10,17H2,1-2H3,(H,29,33)(H,30,32);4-6,9-14,16H,1-3,7-8,15H2,(H,27,30)(H,28,29)(H,31,32). The highest BCUT2D eigenvalue weighted by Gasteiger charge is 2.23. The molecular weight excluding hydrogens is 835 g/mol. The second kappa shape index (κ2) is 21.9. The van der Waals surface area contributed by atoms with Gasteiger partial charge in [-0.1, -0.05) is 87.1 Å². The molecule has 4 aromatic carbocycles. The maximum absolute atomic E-state index is 13.3. The van der Waals surface area contributed by atoms with Crippen LogP contribution in [0.15, 0.2) is 109 Å². The van der Waals surface area contributed by atoms with Gasteiger partial charge in [0.1, 0.15) is 0 Å². The van der Waals surface area contributed by atoms with E-state index in [1.54, 1.807) is 81.0 Å². The minimum atomic E-state index is -1.06. The molecule has 2 fully saturated rings. The molecule has 0 radical (unpaired) electrons. The van der Waals surface area contributed by atoms with Gasteiger partial charge in [-0.3, -0.25) is 24.0 Å². The Morgan fingerprint density at radius 1 is 0.500 bits per heavy atom. The number of carbonyl (C=O) groups excluding carboxylic acids is 5. The van der Waals surface area contributed by atoms with E-state index in [1.807, 2.05) is 24.3 Å². The van der Waals surface area contributed by atoms with Crippen LogP contribution in [0.5, 0.6) is 0 Å². The molecule has 0 atom stereocenters.